The fourth-order valence-corrected chi connectivity index (χ4v) is 5.43. The SMILES string of the molecule is O=S(=O)(c1ccc(F)c(Cl)c1)N1CCC(CCc2ccc3c(c2)OCO3)CC1. The van der Waals surface area contributed by atoms with Gasteiger partial charge in [0.25, 0.3) is 0 Å². The van der Waals surface area contributed by atoms with E-state index in [1.54, 1.807) is 0 Å². The van der Waals surface area contributed by atoms with E-state index in [0.29, 0.717) is 19.0 Å². The molecular weight excluding hydrogens is 405 g/mol. The van der Waals surface area contributed by atoms with Crippen LogP contribution in [0.5, 0.6) is 11.5 Å². The van der Waals surface area contributed by atoms with E-state index < -0.39 is 15.8 Å². The maximum absolute atomic E-state index is 13.3. The molecule has 2 aliphatic heterocycles. The Morgan fingerprint density at radius 3 is 2.57 bits per heavy atom. The number of benzene rings is 2. The van der Waals surface area contributed by atoms with Crippen LogP contribution in [0.15, 0.2) is 41.3 Å². The predicted molar refractivity (Wildman–Crippen MR) is 104 cm³/mol. The van der Waals surface area contributed by atoms with Gasteiger partial charge in [0.15, 0.2) is 11.5 Å². The Kier molecular flexibility index (Phi) is 5.49. The van der Waals surface area contributed by atoms with Crippen molar-refractivity contribution < 1.29 is 22.3 Å². The largest absolute Gasteiger partial charge is 0.454 e. The smallest absolute Gasteiger partial charge is 0.243 e. The summed E-state index contributed by atoms with van der Waals surface area (Å²) in [7, 11) is -3.65. The Bertz CT molecular complexity index is 974. The molecule has 0 spiro atoms. The minimum Gasteiger partial charge on any atom is -0.454 e. The van der Waals surface area contributed by atoms with Crippen molar-refractivity contribution in [3.63, 3.8) is 0 Å². The van der Waals surface area contributed by atoms with Crippen LogP contribution in [-0.4, -0.2) is 32.6 Å². The molecular formula is C20H21ClFNO4S. The van der Waals surface area contributed by atoms with Gasteiger partial charge < -0.3 is 9.47 Å². The van der Waals surface area contributed by atoms with E-state index in [-0.39, 0.29) is 16.7 Å². The third-order valence-electron chi connectivity index (χ3n) is 5.38. The molecule has 0 aliphatic carbocycles. The van der Waals surface area contributed by atoms with E-state index in [1.165, 1.54) is 22.0 Å². The van der Waals surface area contributed by atoms with Crippen LogP contribution >= 0.6 is 11.6 Å². The number of halogens is 2. The first-order valence-corrected chi connectivity index (χ1v) is 11.1. The Morgan fingerprint density at radius 2 is 1.82 bits per heavy atom. The number of nitrogens with zero attached hydrogens (tertiary/aromatic N) is 1. The van der Waals surface area contributed by atoms with Crippen LogP contribution in [0.25, 0.3) is 0 Å². The molecule has 0 unspecified atom stereocenters. The maximum Gasteiger partial charge on any atom is 0.243 e. The molecule has 0 atom stereocenters. The highest BCUT2D eigenvalue weighted by molar-refractivity contribution is 7.89. The molecule has 8 heteroatoms. The summed E-state index contributed by atoms with van der Waals surface area (Å²) in [6, 6.07) is 9.53. The summed E-state index contributed by atoms with van der Waals surface area (Å²) in [6.45, 7) is 1.19. The number of sulfonamides is 1. The zero-order valence-electron chi connectivity index (χ0n) is 15.2. The third kappa shape index (κ3) is 3.97. The fourth-order valence-electron chi connectivity index (χ4n) is 3.69. The monoisotopic (exact) mass is 425 g/mol. The third-order valence-corrected chi connectivity index (χ3v) is 7.56. The van der Waals surface area contributed by atoms with Crippen molar-refractivity contribution in [1.29, 1.82) is 0 Å². The van der Waals surface area contributed by atoms with Crippen LogP contribution < -0.4 is 9.47 Å². The molecule has 0 amide bonds. The summed E-state index contributed by atoms with van der Waals surface area (Å²) < 4.78 is 51.1. The average Bonchev–Trinajstić information content (AvgIpc) is 3.16. The summed E-state index contributed by atoms with van der Waals surface area (Å²) in [5.41, 5.74) is 1.19. The van der Waals surface area contributed by atoms with Gasteiger partial charge >= 0.3 is 0 Å². The van der Waals surface area contributed by atoms with Gasteiger partial charge in [-0.15, -0.1) is 0 Å². The Labute approximate surface area is 169 Å². The summed E-state index contributed by atoms with van der Waals surface area (Å²) in [4.78, 5) is 0.0395. The molecule has 4 rings (SSSR count). The molecule has 28 heavy (non-hydrogen) atoms. The van der Waals surface area contributed by atoms with Gasteiger partial charge in [-0.25, -0.2) is 12.8 Å². The van der Waals surface area contributed by atoms with Crippen molar-refractivity contribution >= 4 is 21.6 Å². The van der Waals surface area contributed by atoms with Gasteiger partial charge in [-0.3, -0.25) is 0 Å². The second-order valence-electron chi connectivity index (χ2n) is 7.15. The lowest BCUT2D eigenvalue weighted by atomic mass is 9.91. The van der Waals surface area contributed by atoms with Crippen molar-refractivity contribution in [3.05, 3.63) is 52.8 Å². The Balaban J connectivity index is 1.33. The van der Waals surface area contributed by atoms with Gasteiger partial charge in [0.2, 0.25) is 16.8 Å². The number of ether oxygens (including phenoxy) is 2. The number of hydrogen-bond acceptors (Lipinski definition) is 4. The maximum atomic E-state index is 13.3. The molecule has 2 aromatic rings. The van der Waals surface area contributed by atoms with Gasteiger partial charge in [0, 0.05) is 13.1 Å². The molecule has 2 heterocycles. The molecule has 1 saturated heterocycles. The molecule has 2 aliphatic rings. The topological polar surface area (TPSA) is 55.8 Å². The van der Waals surface area contributed by atoms with E-state index in [1.807, 2.05) is 18.2 Å². The zero-order chi connectivity index (χ0) is 19.7. The average molecular weight is 426 g/mol. The van der Waals surface area contributed by atoms with Crippen molar-refractivity contribution in [1.82, 2.24) is 4.31 Å². The molecule has 2 aromatic carbocycles. The van der Waals surface area contributed by atoms with Crippen molar-refractivity contribution in [3.8, 4) is 11.5 Å². The van der Waals surface area contributed by atoms with Crippen LogP contribution in [-0.2, 0) is 16.4 Å². The second kappa shape index (κ2) is 7.89. The van der Waals surface area contributed by atoms with Crippen LogP contribution in [0.3, 0.4) is 0 Å². The zero-order valence-corrected chi connectivity index (χ0v) is 16.8. The first-order valence-electron chi connectivity index (χ1n) is 9.27. The number of piperidine rings is 1. The molecule has 0 saturated carbocycles. The van der Waals surface area contributed by atoms with Crippen LogP contribution in [0.1, 0.15) is 24.8 Å². The fraction of sp³-hybridized carbons (Fsp3) is 0.400. The number of fused-ring (bicyclic) bond motifs is 1. The molecule has 5 nitrogen and oxygen atoms in total. The molecule has 0 aromatic heterocycles. The van der Waals surface area contributed by atoms with Crippen LogP contribution in [0, 0.1) is 11.7 Å². The first-order chi connectivity index (χ1) is 13.4. The van der Waals surface area contributed by atoms with Crippen LogP contribution in [0.4, 0.5) is 4.39 Å². The highest BCUT2D eigenvalue weighted by atomic mass is 35.5. The summed E-state index contributed by atoms with van der Waals surface area (Å²) >= 11 is 5.74. The summed E-state index contributed by atoms with van der Waals surface area (Å²) in [5.74, 6) is 1.41. The van der Waals surface area contributed by atoms with Gasteiger partial charge in [0.05, 0.1) is 9.92 Å². The molecule has 1 fully saturated rings. The van der Waals surface area contributed by atoms with Gasteiger partial charge in [-0.1, -0.05) is 17.7 Å². The number of hydrogen-bond donors (Lipinski definition) is 0. The quantitative estimate of drug-likeness (QED) is 0.719. The number of rotatable bonds is 5. The Morgan fingerprint density at radius 1 is 1.07 bits per heavy atom. The minimum atomic E-state index is -3.65. The van der Waals surface area contributed by atoms with Gasteiger partial charge in [-0.05, 0) is 67.5 Å². The lowest BCUT2D eigenvalue weighted by molar-refractivity contribution is 0.174. The first kappa shape index (κ1) is 19.5. The van der Waals surface area contributed by atoms with Crippen molar-refractivity contribution in [2.45, 2.75) is 30.6 Å². The van der Waals surface area contributed by atoms with Gasteiger partial charge in [0.1, 0.15) is 5.82 Å². The predicted octanol–water partition coefficient (Wildman–Crippen LogP) is 4.24. The van der Waals surface area contributed by atoms with Crippen molar-refractivity contribution in [2.75, 3.05) is 19.9 Å². The van der Waals surface area contributed by atoms with E-state index in [4.69, 9.17) is 21.1 Å². The molecule has 0 bridgehead atoms. The lowest BCUT2D eigenvalue weighted by Gasteiger charge is -2.31. The molecule has 0 radical (unpaired) electrons. The van der Waals surface area contributed by atoms with E-state index in [0.717, 1.165) is 43.2 Å². The highest BCUT2D eigenvalue weighted by Gasteiger charge is 2.29. The van der Waals surface area contributed by atoms with E-state index in [2.05, 4.69) is 0 Å². The van der Waals surface area contributed by atoms with Crippen molar-refractivity contribution in [2.24, 2.45) is 5.92 Å². The highest BCUT2D eigenvalue weighted by Crippen LogP contribution is 2.34. The van der Waals surface area contributed by atoms with E-state index >= 15 is 0 Å². The van der Waals surface area contributed by atoms with E-state index in [9.17, 15) is 12.8 Å². The standard InChI is InChI=1S/C20H21ClFNO4S/c21-17-12-16(4-5-18(17)22)28(24,25)23-9-7-14(8-10-23)1-2-15-3-6-19-20(11-15)27-13-26-19/h3-6,11-12,14H,1-2,7-10,13H2. The summed E-state index contributed by atoms with van der Waals surface area (Å²) in [5, 5.41) is -0.181. The van der Waals surface area contributed by atoms with Gasteiger partial charge in [-0.2, -0.15) is 4.31 Å². The normalized spacial score (nSPS) is 17.8. The Hall–Kier alpha value is -1.83. The summed E-state index contributed by atoms with van der Waals surface area (Å²) in [6.07, 6.45) is 3.52. The minimum absolute atomic E-state index is 0.0395. The molecule has 150 valence electrons. The van der Waals surface area contributed by atoms with Crippen LogP contribution in [0.2, 0.25) is 5.02 Å². The lowest BCUT2D eigenvalue weighted by Crippen LogP contribution is -2.38. The number of aryl methyl sites for hydroxylation is 1. The second-order valence-corrected chi connectivity index (χ2v) is 9.49. The molecule has 0 N–H and O–H groups in total.